The van der Waals surface area contributed by atoms with Crippen LogP contribution in [0, 0.1) is 0 Å². The van der Waals surface area contributed by atoms with Crippen molar-refractivity contribution in [1.82, 2.24) is 4.90 Å². The number of thioether (sulfide) groups is 1. The maximum Gasteiger partial charge on any atom is 0.303 e. The number of esters is 1. The van der Waals surface area contributed by atoms with E-state index < -0.39 is 17.3 Å². The van der Waals surface area contributed by atoms with E-state index in [1.807, 2.05) is 43.3 Å². The number of rotatable bonds is 5. The van der Waals surface area contributed by atoms with Gasteiger partial charge in [-0.25, -0.2) is 0 Å². The summed E-state index contributed by atoms with van der Waals surface area (Å²) in [4.78, 5) is 29.9. The number of phenolic OH excluding ortho intramolecular Hbond substituents is 1. The van der Waals surface area contributed by atoms with E-state index in [4.69, 9.17) is 4.74 Å². The van der Waals surface area contributed by atoms with Crippen LogP contribution in [-0.2, 0) is 14.3 Å². The molecule has 2 atom stereocenters. The van der Waals surface area contributed by atoms with E-state index >= 15 is 0 Å². The minimum atomic E-state index is -0.957. The molecule has 0 saturated carbocycles. The van der Waals surface area contributed by atoms with Crippen LogP contribution in [0.25, 0.3) is 0 Å². The van der Waals surface area contributed by atoms with Gasteiger partial charge >= 0.3 is 5.97 Å². The zero-order valence-corrected chi connectivity index (χ0v) is 19.1. The van der Waals surface area contributed by atoms with E-state index in [0.29, 0.717) is 13.1 Å². The first kappa shape index (κ1) is 23.3. The Morgan fingerprint density at radius 2 is 1.83 bits per heavy atom. The average molecular weight is 481 g/mol. The van der Waals surface area contributed by atoms with Crippen LogP contribution in [0.1, 0.15) is 17.7 Å². The number of likely N-dealkylation sites (N-methyl/N-ethyl adjacent to an activating group) is 1. The van der Waals surface area contributed by atoms with Gasteiger partial charge in [0.2, 0.25) is 0 Å². The number of fused-ring (bicyclic) bond motifs is 1. The number of hydrogen-bond acceptors (Lipinski definition) is 6. The molecule has 0 aromatic heterocycles. The smallest absolute Gasteiger partial charge is 0.303 e. The van der Waals surface area contributed by atoms with E-state index in [2.05, 4.69) is 0 Å². The summed E-state index contributed by atoms with van der Waals surface area (Å²) in [5, 5.41) is 9.21. The van der Waals surface area contributed by atoms with Crippen LogP contribution >= 0.6 is 28.7 Å². The molecule has 29 heavy (non-hydrogen) atoms. The summed E-state index contributed by atoms with van der Waals surface area (Å²) in [5.74, 6) is -0.598. The summed E-state index contributed by atoms with van der Waals surface area (Å²) in [6.07, 6.45) is -0.957. The lowest BCUT2D eigenvalue weighted by Gasteiger charge is -2.28. The highest BCUT2D eigenvalue weighted by Crippen LogP contribution is 2.46. The van der Waals surface area contributed by atoms with Crippen molar-refractivity contribution >= 4 is 46.3 Å². The zero-order valence-electron chi connectivity index (χ0n) is 16.6. The van der Waals surface area contributed by atoms with Crippen molar-refractivity contribution in [2.75, 3.05) is 32.1 Å². The van der Waals surface area contributed by atoms with E-state index in [9.17, 15) is 14.7 Å². The highest BCUT2D eigenvalue weighted by atomic mass is 79.9. The summed E-state index contributed by atoms with van der Waals surface area (Å²) < 4.78 is 5.52. The molecule has 1 heterocycles. The molecule has 1 N–H and O–H groups in total. The topological polar surface area (TPSA) is 70.1 Å². The normalized spacial score (nSPS) is 18.6. The number of aromatic hydroxyl groups is 1. The number of anilines is 1. The fraction of sp³-hybridized carbons (Fsp3) is 0.333. The number of nitrogens with zero attached hydrogens (tertiary/aromatic N) is 2. The van der Waals surface area contributed by atoms with Gasteiger partial charge in [0.25, 0.3) is 5.91 Å². The lowest BCUT2D eigenvalue weighted by atomic mass is 10.1. The predicted molar refractivity (Wildman–Crippen MR) is 120 cm³/mol. The summed E-state index contributed by atoms with van der Waals surface area (Å²) in [6, 6.07) is 14.4. The molecule has 156 valence electrons. The lowest BCUT2D eigenvalue weighted by Crippen LogP contribution is -2.45. The van der Waals surface area contributed by atoms with Crippen LogP contribution < -0.4 is 4.90 Å². The number of amides is 1. The van der Waals surface area contributed by atoms with Gasteiger partial charge in [0.05, 0.1) is 10.9 Å². The number of carbonyl (C=O) groups excluding carboxylic acids is 2. The van der Waals surface area contributed by atoms with Gasteiger partial charge in [0.1, 0.15) is 5.75 Å². The van der Waals surface area contributed by atoms with Crippen molar-refractivity contribution < 1.29 is 19.4 Å². The second-order valence-corrected chi connectivity index (χ2v) is 8.10. The Bertz CT molecular complexity index is 860. The van der Waals surface area contributed by atoms with Gasteiger partial charge in [0.15, 0.2) is 6.10 Å². The third kappa shape index (κ3) is 5.52. The number of phenols is 1. The molecule has 1 aliphatic heterocycles. The summed E-state index contributed by atoms with van der Waals surface area (Å²) >= 11 is 1.49. The third-order valence-electron chi connectivity index (χ3n) is 4.48. The van der Waals surface area contributed by atoms with Crippen LogP contribution in [-0.4, -0.2) is 55.2 Å². The number of carbonyl (C=O) groups is 2. The fourth-order valence-corrected chi connectivity index (χ4v) is 4.43. The van der Waals surface area contributed by atoms with E-state index in [0.717, 1.165) is 16.1 Å². The van der Waals surface area contributed by atoms with Crippen LogP contribution in [0.2, 0.25) is 0 Å². The minimum Gasteiger partial charge on any atom is -0.508 e. The fourth-order valence-electron chi connectivity index (χ4n) is 3.11. The van der Waals surface area contributed by atoms with Crippen molar-refractivity contribution in [2.45, 2.75) is 23.2 Å². The van der Waals surface area contributed by atoms with Crippen molar-refractivity contribution in [3.63, 3.8) is 0 Å². The lowest BCUT2D eigenvalue weighted by molar-refractivity contribution is -0.152. The minimum absolute atomic E-state index is 0. The molecule has 2 aromatic carbocycles. The second kappa shape index (κ2) is 10.1. The molecule has 0 spiro atoms. The van der Waals surface area contributed by atoms with Crippen molar-refractivity contribution in [3.05, 3.63) is 54.1 Å². The molecule has 0 fully saturated rings. The molecule has 0 aliphatic carbocycles. The predicted octanol–water partition coefficient (Wildman–Crippen LogP) is 3.64. The first-order valence-electron chi connectivity index (χ1n) is 9.05. The average Bonchev–Trinajstić information content (AvgIpc) is 2.76. The molecule has 1 amide bonds. The highest BCUT2D eigenvalue weighted by Gasteiger charge is 2.40. The Labute approximate surface area is 185 Å². The van der Waals surface area contributed by atoms with Crippen molar-refractivity contribution in [3.8, 4) is 5.75 Å². The summed E-state index contributed by atoms with van der Waals surface area (Å²) in [5.41, 5.74) is 1.63. The first-order chi connectivity index (χ1) is 13.4. The van der Waals surface area contributed by atoms with Gasteiger partial charge in [0, 0.05) is 24.9 Å². The van der Waals surface area contributed by atoms with Gasteiger partial charge in [-0.3, -0.25) is 9.59 Å². The molecular formula is C21H25BrN2O4S. The largest absolute Gasteiger partial charge is 0.508 e. The van der Waals surface area contributed by atoms with Crippen LogP contribution in [0.5, 0.6) is 5.75 Å². The molecule has 0 radical (unpaired) electrons. The monoisotopic (exact) mass is 480 g/mol. The Morgan fingerprint density at radius 3 is 2.45 bits per heavy atom. The maximum absolute atomic E-state index is 13.5. The molecule has 0 bridgehead atoms. The molecule has 8 heteroatoms. The third-order valence-corrected chi connectivity index (χ3v) is 5.85. The quantitative estimate of drug-likeness (QED) is 0.658. The number of ether oxygens (including phenoxy) is 1. The Morgan fingerprint density at radius 1 is 1.17 bits per heavy atom. The summed E-state index contributed by atoms with van der Waals surface area (Å²) in [7, 11) is 3.90. The molecular weight excluding hydrogens is 456 g/mol. The highest BCUT2D eigenvalue weighted by molar-refractivity contribution is 8.93. The second-order valence-electron chi connectivity index (χ2n) is 6.92. The SMILES string of the molecule is Br.CC(=O)O[C@H]1C(=O)N(CCN(C)C)c2ccccc2S[C@H]1c1ccc(O)cc1. The van der Waals surface area contributed by atoms with Gasteiger partial charge in [-0.05, 0) is 43.9 Å². The molecule has 1 aliphatic rings. The summed E-state index contributed by atoms with van der Waals surface area (Å²) in [6.45, 7) is 2.49. The maximum atomic E-state index is 13.5. The van der Waals surface area contributed by atoms with E-state index in [1.165, 1.54) is 18.7 Å². The van der Waals surface area contributed by atoms with Gasteiger partial charge < -0.3 is 19.6 Å². The van der Waals surface area contributed by atoms with E-state index in [-0.39, 0.29) is 28.6 Å². The number of halogens is 1. The Balaban J connectivity index is 0.00000300. The molecule has 2 aromatic rings. The van der Waals surface area contributed by atoms with E-state index in [1.54, 1.807) is 29.2 Å². The molecule has 3 rings (SSSR count). The number of hydrogen-bond donors (Lipinski definition) is 1. The van der Waals surface area contributed by atoms with Crippen molar-refractivity contribution in [2.24, 2.45) is 0 Å². The Hall–Kier alpha value is -2.03. The van der Waals surface area contributed by atoms with Crippen LogP contribution in [0.3, 0.4) is 0 Å². The molecule has 0 unspecified atom stereocenters. The van der Waals surface area contributed by atoms with Crippen LogP contribution in [0.15, 0.2) is 53.4 Å². The number of para-hydroxylation sites is 1. The molecule has 0 saturated heterocycles. The molecule has 6 nitrogen and oxygen atoms in total. The van der Waals surface area contributed by atoms with Crippen LogP contribution in [0.4, 0.5) is 5.69 Å². The van der Waals surface area contributed by atoms with Gasteiger partial charge in [-0.2, -0.15) is 0 Å². The first-order valence-corrected chi connectivity index (χ1v) is 9.92. The number of benzene rings is 2. The van der Waals surface area contributed by atoms with Gasteiger partial charge in [-0.15, -0.1) is 28.7 Å². The van der Waals surface area contributed by atoms with Crippen molar-refractivity contribution in [1.29, 1.82) is 0 Å². The standard InChI is InChI=1S/C21H24N2O4S.BrH/c1-14(24)27-19-20(15-8-10-16(25)11-9-15)28-18-7-5-4-6-17(18)23(21(19)26)13-12-22(2)3;/h4-11,19-20,25H,12-13H2,1-3H3;1H/t19-,20+;/m1./s1. The Kier molecular flexibility index (Phi) is 8.13. The van der Waals surface area contributed by atoms with Gasteiger partial charge in [-0.1, -0.05) is 24.3 Å². The zero-order chi connectivity index (χ0) is 20.3.